The Balaban J connectivity index is 1.54. The second kappa shape index (κ2) is 11.3. The van der Waals surface area contributed by atoms with Gasteiger partial charge in [0.2, 0.25) is 0 Å². The topological polar surface area (TPSA) is 115 Å². The van der Waals surface area contributed by atoms with Crippen LogP contribution in [-0.4, -0.2) is 59.1 Å². The molecule has 5 aromatic rings. The highest BCUT2D eigenvalue weighted by molar-refractivity contribution is 14.1. The van der Waals surface area contributed by atoms with Gasteiger partial charge >= 0.3 is 0 Å². The van der Waals surface area contributed by atoms with E-state index in [0.717, 1.165) is 22.4 Å². The average Bonchev–Trinajstić information content (AvgIpc) is 3.59. The van der Waals surface area contributed by atoms with Gasteiger partial charge in [0.25, 0.3) is 0 Å². The highest BCUT2D eigenvalue weighted by atomic mass is 127. The number of nitrogens with zero attached hydrogens (tertiary/aromatic N) is 4. The first-order valence-electron chi connectivity index (χ1n) is 13.3. The minimum atomic E-state index is -1.97. The number of terminal acetylenes is 1. The van der Waals surface area contributed by atoms with Crippen molar-refractivity contribution >= 4 is 39.6 Å². The molecule has 0 spiro atoms. The van der Waals surface area contributed by atoms with Crippen LogP contribution in [0.5, 0.6) is 5.75 Å². The lowest BCUT2D eigenvalue weighted by Gasteiger charge is -2.37. The van der Waals surface area contributed by atoms with Gasteiger partial charge in [0, 0.05) is 4.43 Å². The normalized spacial score (nSPS) is 22.1. The van der Waals surface area contributed by atoms with Crippen LogP contribution in [0.2, 0.25) is 0 Å². The molecular weight excluding hydrogens is 645 g/mol. The maximum Gasteiger partial charge on any atom is 0.199 e. The van der Waals surface area contributed by atoms with Crippen LogP contribution in [0.1, 0.15) is 22.9 Å². The van der Waals surface area contributed by atoms with Crippen molar-refractivity contribution in [2.45, 2.75) is 29.6 Å². The zero-order chi connectivity index (χ0) is 29.3. The quantitative estimate of drug-likeness (QED) is 0.0968. The Morgan fingerprint density at radius 1 is 1.00 bits per heavy atom. The SMILES string of the molecule is C#C[C@@]1(O)[C@H](O)[C@@H](CI)O[C@H]1n1cnc2c(NC(c3ccccc3)(c3ccccc3)c3ccc(OC)cc3)ncnc21. The van der Waals surface area contributed by atoms with E-state index in [1.165, 1.54) is 12.7 Å². The maximum absolute atomic E-state index is 11.3. The lowest BCUT2D eigenvalue weighted by atomic mass is 9.77. The van der Waals surface area contributed by atoms with E-state index in [0.29, 0.717) is 21.4 Å². The number of benzene rings is 3. The zero-order valence-electron chi connectivity index (χ0n) is 22.6. The number of aliphatic hydroxyl groups is 2. The Kier molecular flexibility index (Phi) is 7.59. The Labute approximate surface area is 256 Å². The predicted molar refractivity (Wildman–Crippen MR) is 167 cm³/mol. The number of nitrogens with one attached hydrogen (secondary N) is 1. The number of rotatable bonds is 8. The third kappa shape index (κ3) is 4.49. The van der Waals surface area contributed by atoms with Crippen LogP contribution in [0.4, 0.5) is 5.82 Å². The smallest absolute Gasteiger partial charge is 0.199 e. The number of alkyl halides is 1. The summed E-state index contributed by atoms with van der Waals surface area (Å²) in [7, 11) is 1.64. The summed E-state index contributed by atoms with van der Waals surface area (Å²) in [6.07, 6.45) is 5.60. The van der Waals surface area contributed by atoms with Gasteiger partial charge in [-0.2, -0.15) is 0 Å². The van der Waals surface area contributed by atoms with Crippen LogP contribution < -0.4 is 10.1 Å². The molecular formula is C32H28IN5O4. The van der Waals surface area contributed by atoms with E-state index in [4.69, 9.17) is 15.9 Å². The molecule has 10 heteroatoms. The second-order valence-corrected chi connectivity index (χ2v) is 10.9. The summed E-state index contributed by atoms with van der Waals surface area (Å²) in [5, 5.41) is 25.8. The molecule has 212 valence electrons. The Morgan fingerprint density at radius 3 is 2.19 bits per heavy atom. The molecule has 0 aliphatic carbocycles. The van der Waals surface area contributed by atoms with E-state index >= 15 is 0 Å². The number of ether oxygens (including phenoxy) is 2. The number of fused-ring (bicyclic) bond motifs is 1. The lowest BCUT2D eigenvalue weighted by molar-refractivity contribution is -0.0669. The van der Waals surface area contributed by atoms with Crippen molar-refractivity contribution in [2.24, 2.45) is 0 Å². The van der Waals surface area contributed by atoms with Crippen LogP contribution in [-0.2, 0) is 10.3 Å². The van der Waals surface area contributed by atoms with Crippen LogP contribution >= 0.6 is 22.6 Å². The summed E-state index contributed by atoms with van der Waals surface area (Å²) in [6, 6.07) is 28.1. The number of anilines is 1. The minimum absolute atomic E-state index is 0.386. The van der Waals surface area contributed by atoms with Gasteiger partial charge < -0.3 is 25.0 Å². The molecule has 1 aliphatic rings. The number of hydrogen-bond donors (Lipinski definition) is 3. The molecule has 42 heavy (non-hydrogen) atoms. The average molecular weight is 674 g/mol. The van der Waals surface area contributed by atoms with Gasteiger partial charge in [-0.3, -0.25) is 4.57 Å². The Bertz CT molecular complexity index is 1690. The molecule has 2 aromatic heterocycles. The van der Waals surface area contributed by atoms with Crippen LogP contribution in [0.3, 0.4) is 0 Å². The molecule has 0 bridgehead atoms. The number of hydrogen-bond acceptors (Lipinski definition) is 8. The summed E-state index contributed by atoms with van der Waals surface area (Å²) < 4.78 is 13.5. The summed E-state index contributed by atoms with van der Waals surface area (Å²) in [4.78, 5) is 13.8. The largest absolute Gasteiger partial charge is 0.497 e. The fourth-order valence-corrected chi connectivity index (χ4v) is 6.24. The molecule has 1 fully saturated rings. The predicted octanol–water partition coefficient (Wildman–Crippen LogP) is 4.30. The number of methoxy groups -OCH3 is 1. The van der Waals surface area contributed by atoms with Crippen molar-refractivity contribution in [3.63, 3.8) is 0 Å². The van der Waals surface area contributed by atoms with E-state index in [1.807, 2.05) is 60.7 Å². The fourth-order valence-electron chi connectivity index (χ4n) is 5.55. The van der Waals surface area contributed by atoms with Crippen molar-refractivity contribution in [1.29, 1.82) is 0 Å². The van der Waals surface area contributed by atoms with Crippen molar-refractivity contribution < 1.29 is 19.7 Å². The van der Waals surface area contributed by atoms with Crippen molar-refractivity contribution in [2.75, 3.05) is 16.9 Å². The van der Waals surface area contributed by atoms with Gasteiger partial charge in [0.05, 0.1) is 19.5 Å². The highest BCUT2D eigenvalue weighted by Gasteiger charge is 2.55. The summed E-state index contributed by atoms with van der Waals surface area (Å²) in [6.45, 7) is 0. The summed E-state index contributed by atoms with van der Waals surface area (Å²) in [5.74, 6) is 3.54. The molecule has 4 atom stereocenters. The van der Waals surface area contributed by atoms with Gasteiger partial charge in [-0.25, -0.2) is 15.0 Å². The van der Waals surface area contributed by atoms with E-state index in [9.17, 15) is 10.2 Å². The Morgan fingerprint density at radius 2 is 1.62 bits per heavy atom. The van der Waals surface area contributed by atoms with E-state index < -0.39 is 29.6 Å². The zero-order valence-corrected chi connectivity index (χ0v) is 24.8. The van der Waals surface area contributed by atoms with E-state index in [-0.39, 0.29) is 0 Å². The van der Waals surface area contributed by atoms with Gasteiger partial charge in [-0.15, -0.1) is 6.42 Å². The molecule has 0 saturated carbocycles. The number of halogens is 1. The van der Waals surface area contributed by atoms with Gasteiger partial charge in [-0.05, 0) is 28.8 Å². The van der Waals surface area contributed by atoms with Crippen molar-refractivity contribution in [1.82, 2.24) is 19.5 Å². The third-order valence-electron chi connectivity index (χ3n) is 7.72. The first kappa shape index (κ1) is 28.1. The van der Waals surface area contributed by atoms with Gasteiger partial charge in [0.15, 0.2) is 28.8 Å². The van der Waals surface area contributed by atoms with Crippen LogP contribution in [0.15, 0.2) is 97.6 Å². The molecule has 3 aromatic carbocycles. The third-order valence-corrected chi connectivity index (χ3v) is 8.59. The molecule has 1 saturated heterocycles. The van der Waals surface area contributed by atoms with Crippen LogP contribution in [0, 0.1) is 12.3 Å². The Hall–Kier alpha value is -4.02. The van der Waals surface area contributed by atoms with Gasteiger partial charge in [0.1, 0.15) is 23.7 Å². The molecule has 1 aliphatic heterocycles. The minimum Gasteiger partial charge on any atom is -0.497 e. The van der Waals surface area contributed by atoms with Gasteiger partial charge in [-0.1, -0.05) is 101 Å². The molecule has 6 rings (SSSR count). The van der Waals surface area contributed by atoms with E-state index in [2.05, 4.69) is 73.0 Å². The summed E-state index contributed by atoms with van der Waals surface area (Å²) in [5.41, 5.74) is 0.854. The fraction of sp³-hybridized carbons (Fsp3) is 0.219. The van der Waals surface area contributed by atoms with Crippen LogP contribution in [0.25, 0.3) is 11.2 Å². The number of aliphatic hydroxyl groups excluding tert-OH is 1. The monoisotopic (exact) mass is 673 g/mol. The standard InChI is InChI=1S/C32H28IN5O4/c1-3-31(40)27(39)25(18-33)42-30(31)38-20-36-26-28(34-19-35-29(26)38)37-32(21-10-6-4-7-11-21,22-12-8-5-9-13-22)23-14-16-24(41-2)17-15-23/h1,4-17,19-20,25,27,30,39-40H,18H2,2H3,(H,34,35,37)/t25-,27-,30-,31-/m1/s1. The van der Waals surface area contributed by atoms with E-state index in [1.54, 1.807) is 11.7 Å². The summed E-state index contributed by atoms with van der Waals surface area (Å²) >= 11 is 2.09. The molecule has 9 nitrogen and oxygen atoms in total. The van der Waals surface area contributed by atoms with Crippen molar-refractivity contribution in [3.8, 4) is 18.1 Å². The highest BCUT2D eigenvalue weighted by Crippen LogP contribution is 2.43. The maximum atomic E-state index is 11.3. The number of imidazole rings is 1. The number of aromatic nitrogens is 4. The van der Waals surface area contributed by atoms with Crippen molar-refractivity contribution in [3.05, 3.63) is 114 Å². The molecule has 0 amide bonds. The lowest BCUT2D eigenvalue weighted by Crippen LogP contribution is -2.45. The molecule has 3 heterocycles. The molecule has 0 radical (unpaired) electrons. The second-order valence-electron chi connectivity index (χ2n) is 9.98. The first-order valence-corrected chi connectivity index (χ1v) is 14.8. The first-order chi connectivity index (χ1) is 20.5. The molecule has 0 unspecified atom stereocenters. The molecule has 3 N–H and O–H groups in total.